The van der Waals surface area contributed by atoms with Crippen molar-refractivity contribution in [3.05, 3.63) is 117 Å². The first-order valence-corrected chi connectivity index (χ1v) is 17.2. The molecule has 0 N–H and O–H groups in total. The number of nitrogens with zero attached hydrogens (tertiary/aromatic N) is 1. The van der Waals surface area contributed by atoms with E-state index in [-0.39, 0.29) is 22.4 Å². The quantitative estimate of drug-likeness (QED) is 0.231. The van der Waals surface area contributed by atoms with Gasteiger partial charge in [-0.2, -0.15) is 0 Å². The van der Waals surface area contributed by atoms with Gasteiger partial charge in [-0.1, -0.05) is 99.5 Å². The minimum absolute atomic E-state index is 0.101. The van der Waals surface area contributed by atoms with Gasteiger partial charge >= 0.3 is 0 Å². The lowest BCUT2D eigenvalue weighted by atomic mass is 9.63. The average Bonchev–Trinajstić information content (AvgIpc) is 2.99. The highest BCUT2D eigenvalue weighted by Crippen LogP contribution is 2.55. The van der Waals surface area contributed by atoms with E-state index >= 15 is 0 Å². The molecule has 0 aromatic heterocycles. The fraction of sp³-hybridized carbons (Fsp3) is 0.415. The first-order valence-electron chi connectivity index (χ1n) is 16.8. The second-order valence-corrected chi connectivity index (χ2v) is 15.4. The summed E-state index contributed by atoms with van der Waals surface area (Å²) in [5.74, 6) is 0.677. The summed E-state index contributed by atoms with van der Waals surface area (Å²) >= 11 is 7.03. The number of benzene rings is 3. The summed E-state index contributed by atoms with van der Waals surface area (Å²) in [5.41, 5.74) is 7.38. The SMILES string of the molecule is CCOc1cc(C2C3=C(CC(C)(C)CC3=O)N(CCc3ccccc3)C3=C2C(=O)CC(C)(C)C3)cc(Cl)c1OCc1cccc(C)c1. The number of ether oxygens (including phenoxy) is 2. The minimum Gasteiger partial charge on any atom is -0.490 e. The number of Topliss-reactive ketones (excluding diaryl/α,β-unsaturated/α-hetero) is 2. The number of ketones is 2. The average molecular weight is 652 g/mol. The highest BCUT2D eigenvalue weighted by Gasteiger charge is 2.49. The van der Waals surface area contributed by atoms with Gasteiger partial charge in [0.2, 0.25) is 0 Å². The largest absolute Gasteiger partial charge is 0.490 e. The second kappa shape index (κ2) is 13.0. The Morgan fingerprint density at radius 2 is 1.40 bits per heavy atom. The van der Waals surface area contributed by atoms with Crippen LogP contribution in [0, 0.1) is 17.8 Å². The van der Waals surface area contributed by atoms with Crippen molar-refractivity contribution in [3.63, 3.8) is 0 Å². The van der Waals surface area contributed by atoms with Crippen molar-refractivity contribution >= 4 is 23.2 Å². The van der Waals surface area contributed by atoms with Crippen molar-refractivity contribution in [2.24, 2.45) is 10.8 Å². The molecule has 246 valence electrons. The molecule has 5 nitrogen and oxygen atoms in total. The third kappa shape index (κ3) is 6.92. The van der Waals surface area contributed by atoms with Gasteiger partial charge in [0.15, 0.2) is 23.1 Å². The normalized spacial score (nSPS) is 19.1. The smallest absolute Gasteiger partial charge is 0.180 e. The number of halogens is 1. The number of hydrogen-bond acceptors (Lipinski definition) is 5. The van der Waals surface area contributed by atoms with E-state index in [1.54, 1.807) is 0 Å². The molecule has 0 fully saturated rings. The molecular weight excluding hydrogens is 606 g/mol. The van der Waals surface area contributed by atoms with Crippen molar-refractivity contribution in [1.82, 2.24) is 4.90 Å². The van der Waals surface area contributed by atoms with Gasteiger partial charge < -0.3 is 14.4 Å². The lowest BCUT2D eigenvalue weighted by Gasteiger charge is -2.49. The van der Waals surface area contributed by atoms with Crippen LogP contribution in [0.4, 0.5) is 0 Å². The van der Waals surface area contributed by atoms with Gasteiger partial charge in [0.05, 0.1) is 11.6 Å². The van der Waals surface area contributed by atoms with E-state index in [0.29, 0.717) is 49.1 Å². The van der Waals surface area contributed by atoms with Crippen LogP contribution < -0.4 is 9.47 Å². The Morgan fingerprint density at radius 3 is 2.00 bits per heavy atom. The summed E-state index contributed by atoms with van der Waals surface area (Å²) in [6, 6.07) is 22.4. The number of hydrogen-bond donors (Lipinski definition) is 0. The molecule has 0 atom stereocenters. The van der Waals surface area contributed by atoms with E-state index in [9.17, 15) is 9.59 Å². The maximum absolute atomic E-state index is 14.3. The molecule has 6 rings (SSSR count). The van der Waals surface area contributed by atoms with E-state index in [1.165, 1.54) is 5.56 Å². The predicted molar refractivity (Wildman–Crippen MR) is 188 cm³/mol. The fourth-order valence-electron chi connectivity index (χ4n) is 7.65. The highest BCUT2D eigenvalue weighted by atomic mass is 35.5. The maximum Gasteiger partial charge on any atom is 0.180 e. The molecule has 3 aromatic rings. The Kier molecular flexibility index (Phi) is 9.15. The van der Waals surface area contributed by atoms with Crippen LogP contribution in [0.2, 0.25) is 5.02 Å². The number of rotatable bonds is 9. The van der Waals surface area contributed by atoms with Crippen LogP contribution in [0.1, 0.15) is 88.5 Å². The van der Waals surface area contributed by atoms with Crippen molar-refractivity contribution in [1.29, 1.82) is 0 Å². The summed E-state index contributed by atoms with van der Waals surface area (Å²) in [7, 11) is 0. The predicted octanol–water partition coefficient (Wildman–Crippen LogP) is 9.55. The Labute approximate surface area is 284 Å². The molecular formula is C41H46ClNO4. The van der Waals surface area contributed by atoms with E-state index < -0.39 is 5.92 Å². The molecule has 1 heterocycles. The highest BCUT2D eigenvalue weighted by molar-refractivity contribution is 6.32. The summed E-state index contributed by atoms with van der Waals surface area (Å²) in [6.45, 7) is 14.1. The van der Waals surface area contributed by atoms with Crippen LogP contribution in [-0.4, -0.2) is 29.6 Å². The van der Waals surface area contributed by atoms with Gasteiger partial charge in [0.25, 0.3) is 0 Å². The third-order valence-corrected chi connectivity index (χ3v) is 9.90. The van der Waals surface area contributed by atoms with Gasteiger partial charge in [-0.25, -0.2) is 0 Å². The second-order valence-electron chi connectivity index (χ2n) is 15.0. The van der Waals surface area contributed by atoms with E-state index in [4.69, 9.17) is 21.1 Å². The third-order valence-electron chi connectivity index (χ3n) is 9.62. The fourth-order valence-corrected chi connectivity index (χ4v) is 7.93. The molecule has 6 heteroatoms. The van der Waals surface area contributed by atoms with Gasteiger partial charge in [-0.15, -0.1) is 0 Å². The van der Waals surface area contributed by atoms with E-state index in [0.717, 1.165) is 58.5 Å². The Morgan fingerprint density at radius 1 is 0.787 bits per heavy atom. The lowest BCUT2D eigenvalue weighted by molar-refractivity contribution is -0.119. The zero-order valence-electron chi connectivity index (χ0n) is 28.5. The van der Waals surface area contributed by atoms with Crippen LogP contribution >= 0.6 is 11.6 Å². The number of carbonyl (C=O) groups is 2. The molecule has 47 heavy (non-hydrogen) atoms. The molecule has 0 amide bonds. The molecule has 0 bridgehead atoms. The van der Waals surface area contributed by atoms with E-state index in [1.807, 2.05) is 37.3 Å². The van der Waals surface area contributed by atoms with Crippen molar-refractivity contribution < 1.29 is 19.1 Å². The Balaban J connectivity index is 1.48. The van der Waals surface area contributed by atoms with Gasteiger partial charge in [0, 0.05) is 47.8 Å². The number of allylic oxidation sites excluding steroid dienone is 4. The van der Waals surface area contributed by atoms with Gasteiger partial charge in [-0.05, 0) is 72.8 Å². The molecule has 3 aromatic carbocycles. The van der Waals surface area contributed by atoms with Gasteiger partial charge in [-0.3, -0.25) is 9.59 Å². The van der Waals surface area contributed by atoms with Gasteiger partial charge in [0.1, 0.15) is 6.61 Å². The standard InChI is InChI=1S/C41H46ClNO4/c1-7-46-35-20-29(19-30(42)39(35)47-25-28-15-11-12-26(2)18-28)36-37-31(21-40(3,4)23-33(37)44)43(17-16-27-13-9-8-10-14-27)32-22-41(5,6)24-34(45)38(32)36/h8-15,18-20,36H,7,16-17,21-25H2,1-6H3. The first kappa shape index (κ1) is 33.1. The van der Waals surface area contributed by atoms with Crippen LogP contribution in [0.3, 0.4) is 0 Å². The summed E-state index contributed by atoms with van der Waals surface area (Å²) in [5, 5.41) is 0.404. The minimum atomic E-state index is -0.511. The van der Waals surface area contributed by atoms with Crippen LogP contribution in [0.15, 0.2) is 89.3 Å². The van der Waals surface area contributed by atoms with Crippen molar-refractivity contribution in [3.8, 4) is 11.5 Å². The molecule has 0 radical (unpaired) electrons. The molecule has 0 spiro atoms. The zero-order chi connectivity index (χ0) is 33.5. The van der Waals surface area contributed by atoms with Crippen molar-refractivity contribution in [2.45, 2.75) is 86.2 Å². The molecule has 0 saturated carbocycles. The van der Waals surface area contributed by atoms with Crippen LogP contribution in [0.25, 0.3) is 0 Å². The first-order chi connectivity index (χ1) is 22.4. The monoisotopic (exact) mass is 651 g/mol. The molecule has 0 saturated heterocycles. The molecule has 2 aliphatic carbocycles. The van der Waals surface area contributed by atoms with Crippen molar-refractivity contribution in [2.75, 3.05) is 13.2 Å². The molecule has 0 unspecified atom stereocenters. The Bertz CT molecular complexity index is 1710. The Hall–Kier alpha value is -3.83. The van der Waals surface area contributed by atoms with Crippen LogP contribution in [-0.2, 0) is 22.6 Å². The maximum atomic E-state index is 14.3. The summed E-state index contributed by atoms with van der Waals surface area (Å²) < 4.78 is 12.4. The number of carbonyl (C=O) groups excluding carboxylic acids is 2. The topological polar surface area (TPSA) is 55.8 Å². The summed E-state index contributed by atoms with van der Waals surface area (Å²) in [6.07, 6.45) is 3.19. The van der Waals surface area contributed by atoms with Crippen LogP contribution in [0.5, 0.6) is 11.5 Å². The zero-order valence-corrected chi connectivity index (χ0v) is 29.3. The van der Waals surface area contributed by atoms with E-state index in [2.05, 4.69) is 75.9 Å². The molecule has 3 aliphatic rings. The molecule has 1 aliphatic heterocycles. The number of aryl methyl sites for hydroxylation is 1. The lowest BCUT2D eigenvalue weighted by Crippen LogP contribution is -2.45. The summed E-state index contributed by atoms with van der Waals surface area (Å²) in [4.78, 5) is 30.9.